The molecule has 0 radical (unpaired) electrons. The summed E-state index contributed by atoms with van der Waals surface area (Å²) in [6, 6.07) is 9.39. The summed E-state index contributed by atoms with van der Waals surface area (Å²) in [5.41, 5.74) is 0. The Morgan fingerprint density at radius 2 is 2.06 bits per heavy atom. The van der Waals surface area contributed by atoms with E-state index in [2.05, 4.69) is 11.2 Å². The SMILES string of the molecule is C#CCN/C=C(\C#N)S(=O)(=O)c1ccccc1. The van der Waals surface area contributed by atoms with Gasteiger partial charge in [-0.1, -0.05) is 24.1 Å². The summed E-state index contributed by atoms with van der Waals surface area (Å²) in [5, 5.41) is 11.4. The normalized spacial score (nSPS) is 11.3. The van der Waals surface area contributed by atoms with Gasteiger partial charge in [0.05, 0.1) is 11.4 Å². The van der Waals surface area contributed by atoms with Crippen molar-refractivity contribution in [2.45, 2.75) is 4.90 Å². The molecule has 1 N–H and O–H groups in total. The standard InChI is InChI=1S/C12H10N2O2S/c1-2-8-14-10-12(9-13)17(15,16)11-6-4-3-5-7-11/h1,3-7,10,14H,8H2/b12-10+. The van der Waals surface area contributed by atoms with Crippen LogP contribution in [0, 0.1) is 23.7 Å². The van der Waals surface area contributed by atoms with E-state index < -0.39 is 9.84 Å². The number of terminal acetylenes is 1. The van der Waals surface area contributed by atoms with Crippen molar-refractivity contribution in [1.29, 1.82) is 5.26 Å². The Labute approximate surface area is 100 Å². The van der Waals surface area contributed by atoms with Crippen LogP contribution in [-0.2, 0) is 9.84 Å². The molecule has 1 aromatic rings. The molecule has 0 aliphatic heterocycles. The lowest BCUT2D eigenvalue weighted by Crippen LogP contribution is -2.10. The van der Waals surface area contributed by atoms with Crippen molar-refractivity contribution >= 4 is 9.84 Å². The number of sulfone groups is 1. The molecule has 0 aliphatic carbocycles. The Morgan fingerprint density at radius 1 is 1.41 bits per heavy atom. The van der Waals surface area contributed by atoms with E-state index in [0.29, 0.717) is 0 Å². The summed E-state index contributed by atoms with van der Waals surface area (Å²) >= 11 is 0. The molecular formula is C12H10N2O2S. The second-order valence-corrected chi connectivity index (χ2v) is 4.94. The number of nitrogens with zero attached hydrogens (tertiary/aromatic N) is 1. The van der Waals surface area contributed by atoms with Crippen molar-refractivity contribution in [2.75, 3.05) is 6.54 Å². The zero-order valence-corrected chi connectivity index (χ0v) is 9.74. The summed E-state index contributed by atoms with van der Waals surface area (Å²) in [5.74, 6) is 2.28. The van der Waals surface area contributed by atoms with Crippen LogP contribution < -0.4 is 5.32 Å². The number of rotatable bonds is 4. The molecule has 17 heavy (non-hydrogen) atoms. The van der Waals surface area contributed by atoms with Gasteiger partial charge in [0, 0.05) is 6.20 Å². The fourth-order valence-electron chi connectivity index (χ4n) is 1.10. The second-order valence-electron chi connectivity index (χ2n) is 3.02. The van der Waals surface area contributed by atoms with Crippen molar-refractivity contribution in [3.8, 4) is 18.4 Å². The van der Waals surface area contributed by atoms with Gasteiger partial charge in [0.2, 0.25) is 9.84 Å². The predicted octanol–water partition coefficient (Wildman–Crippen LogP) is 1.05. The fourth-order valence-corrected chi connectivity index (χ4v) is 2.23. The largest absolute Gasteiger partial charge is 0.378 e. The number of allylic oxidation sites excluding steroid dienone is 1. The molecular weight excluding hydrogens is 236 g/mol. The van der Waals surface area contributed by atoms with Crippen LogP contribution in [0.2, 0.25) is 0 Å². The molecule has 0 aromatic heterocycles. The monoisotopic (exact) mass is 246 g/mol. The molecule has 0 saturated heterocycles. The summed E-state index contributed by atoms with van der Waals surface area (Å²) in [6.07, 6.45) is 6.12. The first-order chi connectivity index (χ1) is 8.12. The Bertz CT molecular complexity index is 590. The van der Waals surface area contributed by atoms with Gasteiger partial charge in [-0.2, -0.15) is 5.26 Å². The van der Waals surface area contributed by atoms with E-state index in [4.69, 9.17) is 11.7 Å². The van der Waals surface area contributed by atoms with Crippen LogP contribution >= 0.6 is 0 Å². The van der Waals surface area contributed by atoms with Crippen molar-refractivity contribution in [2.24, 2.45) is 0 Å². The van der Waals surface area contributed by atoms with Crippen LogP contribution in [0.3, 0.4) is 0 Å². The van der Waals surface area contributed by atoms with E-state index in [1.54, 1.807) is 24.3 Å². The number of benzene rings is 1. The molecule has 0 fully saturated rings. The molecule has 0 unspecified atom stereocenters. The summed E-state index contributed by atoms with van der Waals surface area (Å²) in [6.45, 7) is 0.162. The molecule has 0 spiro atoms. The first-order valence-electron chi connectivity index (χ1n) is 4.70. The van der Waals surface area contributed by atoms with E-state index in [0.717, 1.165) is 6.20 Å². The highest BCUT2D eigenvalue weighted by Crippen LogP contribution is 2.17. The third-order valence-corrected chi connectivity index (χ3v) is 3.57. The van der Waals surface area contributed by atoms with E-state index in [-0.39, 0.29) is 16.3 Å². The van der Waals surface area contributed by atoms with E-state index in [1.807, 2.05) is 0 Å². The molecule has 0 saturated carbocycles. The Morgan fingerprint density at radius 3 is 2.59 bits per heavy atom. The molecule has 4 nitrogen and oxygen atoms in total. The topological polar surface area (TPSA) is 70.0 Å². The lowest BCUT2D eigenvalue weighted by Gasteiger charge is -2.02. The molecule has 1 aromatic carbocycles. The zero-order valence-electron chi connectivity index (χ0n) is 8.92. The van der Waals surface area contributed by atoms with Crippen molar-refractivity contribution in [1.82, 2.24) is 5.32 Å². The lowest BCUT2D eigenvalue weighted by atomic mass is 10.4. The minimum atomic E-state index is -3.76. The van der Waals surface area contributed by atoms with Gasteiger partial charge in [-0.05, 0) is 12.1 Å². The molecule has 0 heterocycles. The van der Waals surface area contributed by atoms with Crippen LogP contribution in [0.25, 0.3) is 0 Å². The first-order valence-corrected chi connectivity index (χ1v) is 6.18. The third-order valence-electron chi connectivity index (χ3n) is 1.89. The van der Waals surface area contributed by atoms with E-state index in [9.17, 15) is 8.42 Å². The maximum atomic E-state index is 12.0. The van der Waals surface area contributed by atoms with Gasteiger partial charge in [-0.15, -0.1) is 6.42 Å². The maximum absolute atomic E-state index is 12.0. The highest BCUT2D eigenvalue weighted by Gasteiger charge is 2.19. The minimum Gasteiger partial charge on any atom is -0.378 e. The molecule has 0 aliphatic rings. The van der Waals surface area contributed by atoms with Crippen molar-refractivity contribution < 1.29 is 8.42 Å². The van der Waals surface area contributed by atoms with Gasteiger partial charge in [0.15, 0.2) is 4.91 Å². The van der Waals surface area contributed by atoms with Crippen molar-refractivity contribution in [3.05, 3.63) is 41.4 Å². The smallest absolute Gasteiger partial charge is 0.218 e. The summed E-state index contributed by atoms with van der Waals surface area (Å²) < 4.78 is 24.0. The fraction of sp³-hybridized carbons (Fsp3) is 0.0833. The quantitative estimate of drug-likeness (QED) is 0.489. The van der Waals surface area contributed by atoms with Gasteiger partial charge in [-0.3, -0.25) is 0 Å². The number of nitrogens with one attached hydrogen (secondary N) is 1. The van der Waals surface area contributed by atoms with Crippen molar-refractivity contribution in [3.63, 3.8) is 0 Å². The molecule has 1 rings (SSSR count). The van der Waals surface area contributed by atoms with Crippen LogP contribution in [0.5, 0.6) is 0 Å². The van der Waals surface area contributed by atoms with Gasteiger partial charge in [-0.25, -0.2) is 8.42 Å². The zero-order chi connectivity index (χ0) is 12.7. The van der Waals surface area contributed by atoms with Gasteiger partial charge < -0.3 is 5.32 Å². The molecule has 0 bridgehead atoms. The van der Waals surface area contributed by atoms with E-state index >= 15 is 0 Å². The van der Waals surface area contributed by atoms with Gasteiger partial charge in [0.25, 0.3) is 0 Å². The minimum absolute atomic E-state index is 0.0790. The number of hydrogen-bond donors (Lipinski definition) is 1. The van der Waals surface area contributed by atoms with Crippen LogP contribution in [0.15, 0.2) is 46.3 Å². The Balaban J connectivity index is 3.10. The second kappa shape index (κ2) is 5.74. The summed E-state index contributed by atoms with van der Waals surface area (Å²) in [7, 11) is -3.76. The maximum Gasteiger partial charge on any atom is 0.218 e. The molecule has 5 heteroatoms. The highest BCUT2D eigenvalue weighted by atomic mass is 32.2. The van der Waals surface area contributed by atoms with Crippen LogP contribution in [0.4, 0.5) is 0 Å². The van der Waals surface area contributed by atoms with Crippen LogP contribution in [-0.4, -0.2) is 15.0 Å². The lowest BCUT2D eigenvalue weighted by molar-refractivity contribution is 0.603. The number of hydrogen-bond acceptors (Lipinski definition) is 4. The van der Waals surface area contributed by atoms with Crippen LogP contribution in [0.1, 0.15) is 0 Å². The average Bonchev–Trinajstić information content (AvgIpc) is 2.35. The summed E-state index contributed by atoms with van der Waals surface area (Å²) in [4.78, 5) is -0.283. The molecule has 86 valence electrons. The number of nitriles is 1. The first kappa shape index (κ1) is 12.8. The predicted molar refractivity (Wildman–Crippen MR) is 64.2 cm³/mol. The highest BCUT2D eigenvalue weighted by molar-refractivity contribution is 7.95. The van der Waals surface area contributed by atoms with E-state index in [1.165, 1.54) is 12.1 Å². The Hall–Kier alpha value is -2.24. The van der Waals surface area contributed by atoms with Gasteiger partial charge >= 0.3 is 0 Å². The molecule has 0 atom stereocenters. The van der Waals surface area contributed by atoms with Gasteiger partial charge in [0.1, 0.15) is 6.07 Å². The average molecular weight is 246 g/mol. The molecule has 0 amide bonds. The third kappa shape index (κ3) is 3.10. The Kier molecular flexibility index (Phi) is 4.33.